The molecule has 4 rings (SSSR count). The molecular formula is C20H27N3O5S. The van der Waals surface area contributed by atoms with E-state index in [4.69, 9.17) is 4.74 Å². The highest BCUT2D eigenvalue weighted by Crippen LogP contribution is 2.37. The zero-order valence-corrected chi connectivity index (χ0v) is 17.6. The largest absolute Gasteiger partial charge is 0.479 e. The summed E-state index contributed by atoms with van der Waals surface area (Å²) < 4.78 is 33.9. The van der Waals surface area contributed by atoms with Gasteiger partial charge in [-0.25, -0.2) is 8.42 Å². The van der Waals surface area contributed by atoms with Crippen LogP contribution in [0.25, 0.3) is 0 Å². The topological polar surface area (TPSA) is 96.0 Å². The molecule has 2 saturated heterocycles. The molecule has 0 spiro atoms. The number of likely N-dealkylation sites (tertiary alicyclic amines) is 1. The SMILES string of the molecule is Cc1cc2c(cc1S(=O)(=O)N1CCCC1C(=O)N1CCCCC1)OC(C)C(=O)N2. The summed E-state index contributed by atoms with van der Waals surface area (Å²) in [5.74, 6) is -0.0165. The van der Waals surface area contributed by atoms with Gasteiger partial charge in [-0.2, -0.15) is 4.31 Å². The van der Waals surface area contributed by atoms with Gasteiger partial charge < -0.3 is 15.0 Å². The molecular weight excluding hydrogens is 394 g/mol. The normalized spacial score (nSPS) is 25.3. The molecule has 0 bridgehead atoms. The number of nitrogens with zero attached hydrogens (tertiary/aromatic N) is 2. The summed E-state index contributed by atoms with van der Waals surface area (Å²) in [5, 5.41) is 2.74. The van der Waals surface area contributed by atoms with Gasteiger partial charge in [-0.05, 0) is 57.6 Å². The Morgan fingerprint density at radius 1 is 1.14 bits per heavy atom. The lowest BCUT2D eigenvalue weighted by Crippen LogP contribution is -2.49. The lowest BCUT2D eigenvalue weighted by atomic mass is 10.1. The third kappa shape index (κ3) is 3.61. The molecule has 0 saturated carbocycles. The number of amides is 2. The summed E-state index contributed by atoms with van der Waals surface area (Å²) in [6.45, 7) is 5.03. The van der Waals surface area contributed by atoms with Crippen LogP contribution >= 0.6 is 0 Å². The van der Waals surface area contributed by atoms with Gasteiger partial charge in [0.2, 0.25) is 15.9 Å². The van der Waals surface area contributed by atoms with Crippen LogP contribution in [0, 0.1) is 6.92 Å². The van der Waals surface area contributed by atoms with Gasteiger partial charge in [0, 0.05) is 25.7 Å². The highest BCUT2D eigenvalue weighted by atomic mass is 32.2. The maximum atomic E-state index is 13.5. The Kier molecular flexibility index (Phi) is 5.29. The second-order valence-corrected chi connectivity index (χ2v) is 9.88. The number of carbonyl (C=O) groups is 2. The zero-order chi connectivity index (χ0) is 20.8. The van der Waals surface area contributed by atoms with Gasteiger partial charge in [-0.3, -0.25) is 9.59 Å². The Morgan fingerprint density at radius 2 is 1.86 bits per heavy atom. The van der Waals surface area contributed by atoms with Crippen LogP contribution in [0.4, 0.5) is 5.69 Å². The summed E-state index contributed by atoms with van der Waals surface area (Å²) in [5.41, 5.74) is 0.977. The Morgan fingerprint density at radius 3 is 2.59 bits per heavy atom. The molecule has 0 aromatic heterocycles. The van der Waals surface area contributed by atoms with Gasteiger partial charge in [-0.15, -0.1) is 0 Å². The summed E-state index contributed by atoms with van der Waals surface area (Å²) >= 11 is 0. The predicted octanol–water partition coefficient (Wildman–Crippen LogP) is 1.88. The van der Waals surface area contributed by atoms with Crippen molar-refractivity contribution in [3.05, 3.63) is 17.7 Å². The summed E-state index contributed by atoms with van der Waals surface area (Å²) in [6.07, 6.45) is 3.56. The average molecular weight is 422 g/mol. The number of fused-ring (bicyclic) bond motifs is 1. The first-order valence-corrected chi connectivity index (χ1v) is 11.7. The standard InChI is InChI=1S/C20H27N3O5S/c1-13-11-15-17(28-14(2)19(24)21-15)12-18(13)29(26,27)23-10-6-7-16(23)20(25)22-8-4-3-5-9-22/h11-12,14,16H,3-10H2,1-2H3,(H,21,24). The molecule has 2 unspecified atom stereocenters. The quantitative estimate of drug-likeness (QED) is 0.804. The molecule has 3 heterocycles. The summed E-state index contributed by atoms with van der Waals surface area (Å²) in [4.78, 5) is 26.8. The van der Waals surface area contributed by atoms with E-state index in [1.54, 1.807) is 19.9 Å². The molecule has 2 fully saturated rings. The number of hydrogen-bond donors (Lipinski definition) is 1. The molecule has 3 aliphatic rings. The molecule has 9 heteroatoms. The number of piperidine rings is 1. The number of hydrogen-bond acceptors (Lipinski definition) is 5. The Labute approximate surface area is 171 Å². The van der Waals surface area contributed by atoms with Crippen LogP contribution in [-0.2, 0) is 19.6 Å². The molecule has 0 radical (unpaired) electrons. The Bertz CT molecular complexity index is 940. The third-order valence-electron chi connectivity index (χ3n) is 5.95. The van der Waals surface area contributed by atoms with E-state index in [0.717, 1.165) is 19.3 Å². The van der Waals surface area contributed by atoms with Gasteiger partial charge >= 0.3 is 0 Å². The van der Waals surface area contributed by atoms with Crippen LogP contribution in [0.5, 0.6) is 5.75 Å². The molecule has 1 aromatic rings. The van der Waals surface area contributed by atoms with Crippen molar-refractivity contribution in [1.29, 1.82) is 0 Å². The first kappa shape index (κ1) is 20.2. The van der Waals surface area contributed by atoms with Crippen molar-refractivity contribution >= 4 is 27.5 Å². The molecule has 3 aliphatic heterocycles. The van der Waals surface area contributed by atoms with Gasteiger partial charge in [0.05, 0.1) is 10.6 Å². The second-order valence-electron chi connectivity index (χ2n) is 8.02. The fraction of sp³-hybridized carbons (Fsp3) is 0.600. The minimum absolute atomic E-state index is 0.0847. The van der Waals surface area contributed by atoms with Gasteiger partial charge in [-0.1, -0.05) is 0 Å². The second kappa shape index (κ2) is 7.60. The minimum Gasteiger partial charge on any atom is -0.479 e. The van der Waals surface area contributed by atoms with Crippen molar-refractivity contribution in [3.63, 3.8) is 0 Å². The minimum atomic E-state index is -3.87. The number of anilines is 1. The molecule has 2 atom stereocenters. The monoisotopic (exact) mass is 421 g/mol. The van der Waals surface area contributed by atoms with E-state index in [9.17, 15) is 18.0 Å². The van der Waals surface area contributed by atoms with Crippen LogP contribution in [-0.4, -0.2) is 61.2 Å². The molecule has 29 heavy (non-hydrogen) atoms. The fourth-order valence-corrected chi connectivity index (χ4v) is 6.22. The maximum Gasteiger partial charge on any atom is 0.265 e. The lowest BCUT2D eigenvalue weighted by molar-refractivity contribution is -0.135. The lowest BCUT2D eigenvalue weighted by Gasteiger charge is -2.32. The Hall–Kier alpha value is -2.13. The van der Waals surface area contributed by atoms with Crippen molar-refractivity contribution in [2.75, 3.05) is 25.0 Å². The molecule has 0 aliphatic carbocycles. The molecule has 1 N–H and O–H groups in total. The van der Waals surface area contributed by atoms with Crippen molar-refractivity contribution < 1.29 is 22.7 Å². The Balaban J connectivity index is 1.65. The first-order chi connectivity index (χ1) is 13.8. The number of ether oxygens (including phenoxy) is 1. The maximum absolute atomic E-state index is 13.5. The van der Waals surface area contributed by atoms with Crippen molar-refractivity contribution in [1.82, 2.24) is 9.21 Å². The molecule has 8 nitrogen and oxygen atoms in total. The third-order valence-corrected chi connectivity index (χ3v) is 8.00. The fourth-order valence-electron chi connectivity index (χ4n) is 4.35. The number of aryl methyl sites for hydroxylation is 1. The number of sulfonamides is 1. The van der Waals surface area contributed by atoms with Crippen molar-refractivity contribution in [3.8, 4) is 5.75 Å². The van der Waals surface area contributed by atoms with Gasteiger partial charge in [0.15, 0.2) is 6.10 Å². The van der Waals surface area contributed by atoms with Crippen LogP contribution < -0.4 is 10.1 Å². The van der Waals surface area contributed by atoms with Crippen molar-refractivity contribution in [2.45, 2.75) is 63.0 Å². The van der Waals surface area contributed by atoms with E-state index in [1.165, 1.54) is 10.4 Å². The summed E-state index contributed by atoms with van der Waals surface area (Å²) in [6, 6.07) is 2.44. The zero-order valence-electron chi connectivity index (χ0n) is 16.8. The number of nitrogens with one attached hydrogen (secondary N) is 1. The van der Waals surface area contributed by atoms with Crippen LogP contribution in [0.3, 0.4) is 0 Å². The molecule has 158 valence electrons. The van der Waals surface area contributed by atoms with E-state index in [2.05, 4.69) is 5.32 Å². The first-order valence-electron chi connectivity index (χ1n) is 10.2. The average Bonchev–Trinajstić information content (AvgIpc) is 3.19. The van der Waals surface area contributed by atoms with Gasteiger partial charge in [0.1, 0.15) is 11.8 Å². The van der Waals surface area contributed by atoms with Crippen LogP contribution in [0.2, 0.25) is 0 Å². The van der Waals surface area contributed by atoms with Crippen LogP contribution in [0.1, 0.15) is 44.6 Å². The van der Waals surface area contributed by atoms with E-state index in [1.807, 2.05) is 4.90 Å². The number of carbonyl (C=O) groups excluding carboxylic acids is 2. The summed E-state index contributed by atoms with van der Waals surface area (Å²) in [7, 11) is -3.87. The highest BCUT2D eigenvalue weighted by molar-refractivity contribution is 7.89. The number of rotatable bonds is 3. The predicted molar refractivity (Wildman–Crippen MR) is 107 cm³/mol. The molecule has 1 aromatic carbocycles. The van der Waals surface area contributed by atoms with E-state index < -0.39 is 22.2 Å². The van der Waals surface area contributed by atoms with Gasteiger partial charge in [0.25, 0.3) is 5.91 Å². The molecule has 2 amide bonds. The van der Waals surface area contributed by atoms with E-state index >= 15 is 0 Å². The van der Waals surface area contributed by atoms with E-state index in [0.29, 0.717) is 49.5 Å². The van der Waals surface area contributed by atoms with Crippen LogP contribution in [0.15, 0.2) is 17.0 Å². The van der Waals surface area contributed by atoms with Crippen molar-refractivity contribution in [2.24, 2.45) is 0 Å². The van der Waals surface area contributed by atoms with E-state index in [-0.39, 0.29) is 16.7 Å². The number of benzene rings is 1. The smallest absolute Gasteiger partial charge is 0.265 e. The highest BCUT2D eigenvalue weighted by Gasteiger charge is 2.42.